The standard InChI is InChI=1S/C20H21F2N3O3/c1-11-4-6-12(7-5-11)23-20(27)24-18-14(10-25(2)19(18)26)17-15(21)8-13(28-3)9-16(17)22/h4-9,14,18H,10H2,1-3H3,(H2,23,24,27)/t14-,18-/m0/s1. The number of methoxy groups -OCH3 is 1. The number of rotatable bonds is 4. The van der Waals surface area contributed by atoms with E-state index >= 15 is 0 Å². The van der Waals surface area contributed by atoms with Crippen LogP contribution in [0.15, 0.2) is 36.4 Å². The molecule has 0 aromatic heterocycles. The monoisotopic (exact) mass is 389 g/mol. The van der Waals surface area contributed by atoms with E-state index in [-0.39, 0.29) is 17.9 Å². The Kier molecular flexibility index (Phi) is 5.48. The van der Waals surface area contributed by atoms with Crippen LogP contribution in [0, 0.1) is 18.6 Å². The maximum absolute atomic E-state index is 14.5. The molecule has 2 aromatic carbocycles. The first-order valence-corrected chi connectivity index (χ1v) is 8.72. The van der Waals surface area contributed by atoms with Gasteiger partial charge in [0.2, 0.25) is 5.91 Å². The van der Waals surface area contributed by atoms with Crippen molar-refractivity contribution >= 4 is 17.6 Å². The predicted octanol–water partition coefficient (Wildman–Crippen LogP) is 3.03. The van der Waals surface area contributed by atoms with Gasteiger partial charge in [0, 0.05) is 42.9 Å². The number of nitrogens with zero attached hydrogens (tertiary/aromatic N) is 1. The molecule has 0 aliphatic carbocycles. The number of halogens is 2. The van der Waals surface area contributed by atoms with Gasteiger partial charge in [0.25, 0.3) is 0 Å². The molecule has 0 radical (unpaired) electrons. The number of urea groups is 1. The molecule has 0 bridgehead atoms. The Morgan fingerprint density at radius 1 is 1.18 bits per heavy atom. The third-order valence-electron chi connectivity index (χ3n) is 4.77. The molecule has 148 valence electrons. The second-order valence-electron chi connectivity index (χ2n) is 6.77. The van der Waals surface area contributed by atoms with Crippen molar-refractivity contribution in [3.63, 3.8) is 0 Å². The number of anilines is 1. The van der Waals surface area contributed by atoms with Crippen LogP contribution in [0.1, 0.15) is 17.0 Å². The molecule has 28 heavy (non-hydrogen) atoms. The van der Waals surface area contributed by atoms with Crippen LogP contribution >= 0.6 is 0 Å². The number of likely N-dealkylation sites (tertiary alicyclic amines) is 1. The molecule has 1 aliphatic heterocycles. The summed E-state index contributed by atoms with van der Waals surface area (Å²) in [6.07, 6.45) is 0. The number of carbonyl (C=O) groups excluding carboxylic acids is 2. The Hall–Kier alpha value is -3.16. The summed E-state index contributed by atoms with van der Waals surface area (Å²) < 4.78 is 33.9. The zero-order valence-electron chi connectivity index (χ0n) is 15.8. The minimum Gasteiger partial charge on any atom is -0.497 e. The summed E-state index contributed by atoms with van der Waals surface area (Å²) >= 11 is 0. The second kappa shape index (κ2) is 7.84. The molecule has 1 aliphatic rings. The third-order valence-corrected chi connectivity index (χ3v) is 4.77. The van der Waals surface area contributed by atoms with Crippen LogP contribution in [0.4, 0.5) is 19.3 Å². The summed E-state index contributed by atoms with van der Waals surface area (Å²) in [6.45, 7) is 1.99. The van der Waals surface area contributed by atoms with Crippen LogP contribution in [0.2, 0.25) is 0 Å². The fraction of sp³-hybridized carbons (Fsp3) is 0.300. The molecule has 3 rings (SSSR count). The van der Waals surface area contributed by atoms with E-state index in [9.17, 15) is 18.4 Å². The van der Waals surface area contributed by atoms with Crippen molar-refractivity contribution in [2.75, 3.05) is 26.0 Å². The summed E-state index contributed by atoms with van der Waals surface area (Å²) in [5.41, 5.74) is 1.32. The highest BCUT2D eigenvalue weighted by Gasteiger charge is 2.43. The Bertz CT molecular complexity index is 879. The van der Waals surface area contributed by atoms with E-state index in [4.69, 9.17) is 4.74 Å². The maximum atomic E-state index is 14.5. The van der Waals surface area contributed by atoms with E-state index in [0.29, 0.717) is 5.69 Å². The molecule has 2 N–H and O–H groups in total. The lowest BCUT2D eigenvalue weighted by Crippen LogP contribution is -2.45. The lowest BCUT2D eigenvalue weighted by Gasteiger charge is -2.20. The Labute approximate surface area is 161 Å². The highest BCUT2D eigenvalue weighted by Crippen LogP contribution is 2.33. The van der Waals surface area contributed by atoms with Crippen molar-refractivity contribution in [1.29, 1.82) is 0 Å². The van der Waals surface area contributed by atoms with Crippen molar-refractivity contribution in [3.05, 3.63) is 59.2 Å². The molecule has 2 aromatic rings. The largest absolute Gasteiger partial charge is 0.497 e. The predicted molar refractivity (Wildman–Crippen MR) is 100 cm³/mol. The molecule has 8 heteroatoms. The Morgan fingerprint density at radius 3 is 2.36 bits per heavy atom. The minimum atomic E-state index is -1.09. The van der Waals surface area contributed by atoms with E-state index in [2.05, 4.69) is 10.6 Å². The number of nitrogens with one attached hydrogen (secondary N) is 2. The smallest absolute Gasteiger partial charge is 0.319 e. The first-order valence-electron chi connectivity index (χ1n) is 8.72. The molecule has 0 saturated carbocycles. The number of ether oxygens (including phenoxy) is 1. The molecule has 6 nitrogen and oxygen atoms in total. The summed E-state index contributed by atoms with van der Waals surface area (Å²) in [4.78, 5) is 26.2. The van der Waals surface area contributed by atoms with Gasteiger partial charge in [-0.15, -0.1) is 0 Å². The number of hydrogen-bond donors (Lipinski definition) is 2. The fourth-order valence-corrected chi connectivity index (χ4v) is 3.30. The maximum Gasteiger partial charge on any atom is 0.319 e. The third kappa shape index (κ3) is 3.90. The van der Waals surface area contributed by atoms with Crippen molar-refractivity contribution in [2.24, 2.45) is 0 Å². The van der Waals surface area contributed by atoms with Gasteiger partial charge in [-0.1, -0.05) is 17.7 Å². The Balaban J connectivity index is 1.83. The van der Waals surface area contributed by atoms with Gasteiger partial charge in [-0.2, -0.15) is 0 Å². The number of amides is 3. The molecule has 1 saturated heterocycles. The van der Waals surface area contributed by atoms with Crippen molar-refractivity contribution in [3.8, 4) is 5.75 Å². The molecule has 1 heterocycles. The van der Waals surface area contributed by atoms with Gasteiger partial charge < -0.3 is 20.3 Å². The molecule has 0 unspecified atom stereocenters. The van der Waals surface area contributed by atoms with Crippen molar-refractivity contribution < 1.29 is 23.1 Å². The number of benzene rings is 2. The topological polar surface area (TPSA) is 70.7 Å². The fourth-order valence-electron chi connectivity index (χ4n) is 3.30. The number of carbonyl (C=O) groups is 2. The van der Waals surface area contributed by atoms with E-state index in [1.54, 1.807) is 12.1 Å². The van der Waals surface area contributed by atoms with E-state index in [1.807, 2.05) is 19.1 Å². The lowest BCUT2D eigenvalue weighted by molar-refractivity contribution is -0.128. The van der Waals surface area contributed by atoms with Crippen LogP contribution in [-0.2, 0) is 4.79 Å². The van der Waals surface area contributed by atoms with Gasteiger partial charge in [-0.3, -0.25) is 4.79 Å². The summed E-state index contributed by atoms with van der Waals surface area (Å²) in [6, 6.07) is 7.50. The van der Waals surface area contributed by atoms with Gasteiger partial charge >= 0.3 is 6.03 Å². The lowest BCUT2D eigenvalue weighted by atomic mass is 9.93. The zero-order chi connectivity index (χ0) is 20.4. The van der Waals surface area contributed by atoms with Crippen LogP contribution in [0.3, 0.4) is 0 Å². The van der Waals surface area contributed by atoms with Gasteiger partial charge in [0.1, 0.15) is 23.4 Å². The van der Waals surface area contributed by atoms with Crippen LogP contribution in [0.5, 0.6) is 5.75 Å². The summed E-state index contributed by atoms with van der Waals surface area (Å²) in [5.74, 6) is -2.89. The zero-order valence-corrected chi connectivity index (χ0v) is 15.8. The summed E-state index contributed by atoms with van der Waals surface area (Å²) in [5, 5.41) is 5.17. The average molecular weight is 389 g/mol. The molecule has 2 atom stereocenters. The first kappa shape index (κ1) is 19.6. The SMILES string of the molecule is COc1cc(F)c([C@@H]2CN(C)C(=O)[C@H]2NC(=O)Nc2ccc(C)cc2)c(F)c1. The molecular weight excluding hydrogens is 368 g/mol. The minimum absolute atomic E-state index is 0.0399. The van der Waals surface area contributed by atoms with Crippen LogP contribution in [-0.4, -0.2) is 43.6 Å². The molecule has 0 spiro atoms. The van der Waals surface area contributed by atoms with E-state index in [0.717, 1.165) is 17.7 Å². The van der Waals surface area contributed by atoms with Gasteiger partial charge in [-0.05, 0) is 19.1 Å². The average Bonchev–Trinajstić information content (AvgIpc) is 2.91. The molecular formula is C20H21F2N3O3. The van der Waals surface area contributed by atoms with E-state index < -0.39 is 35.5 Å². The van der Waals surface area contributed by atoms with Crippen molar-refractivity contribution in [1.82, 2.24) is 10.2 Å². The van der Waals surface area contributed by atoms with Crippen LogP contribution in [0.25, 0.3) is 0 Å². The molecule has 3 amide bonds. The van der Waals surface area contributed by atoms with Gasteiger partial charge in [-0.25, -0.2) is 13.6 Å². The van der Waals surface area contributed by atoms with E-state index in [1.165, 1.54) is 19.1 Å². The highest BCUT2D eigenvalue weighted by molar-refractivity contribution is 5.95. The first-order chi connectivity index (χ1) is 13.3. The Morgan fingerprint density at radius 2 is 1.79 bits per heavy atom. The number of aryl methyl sites for hydroxylation is 1. The quantitative estimate of drug-likeness (QED) is 0.845. The van der Waals surface area contributed by atoms with Crippen molar-refractivity contribution in [2.45, 2.75) is 18.9 Å². The molecule has 1 fully saturated rings. The highest BCUT2D eigenvalue weighted by atomic mass is 19.1. The number of hydrogen-bond acceptors (Lipinski definition) is 3. The normalized spacial score (nSPS) is 18.9. The number of likely N-dealkylation sites (N-methyl/N-ethyl adjacent to an activating group) is 1. The van der Waals surface area contributed by atoms with Crippen LogP contribution < -0.4 is 15.4 Å². The summed E-state index contributed by atoms with van der Waals surface area (Å²) in [7, 11) is 2.83. The van der Waals surface area contributed by atoms with Gasteiger partial charge in [0.15, 0.2) is 0 Å². The second-order valence-corrected chi connectivity index (χ2v) is 6.77. The van der Waals surface area contributed by atoms with Gasteiger partial charge in [0.05, 0.1) is 7.11 Å².